The lowest BCUT2D eigenvalue weighted by molar-refractivity contribution is -0.137. The van der Waals surface area contributed by atoms with Gasteiger partial charge >= 0.3 is 6.18 Å². The molecule has 0 aliphatic heterocycles. The van der Waals surface area contributed by atoms with E-state index in [1.165, 1.54) is 10.7 Å². The zero-order valence-corrected chi connectivity index (χ0v) is 15.9. The summed E-state index contributed by atoms with van der Waals surface area (Å²) in [6.45, 7) is 5.29. The van der Waals surface area contributed by atoms with Crippen molar-refractivity contribution in [3.63, 3.8) is 0 Å². The van der Waals surface area contributed by atoms with Crippen LogP contribution in [0.5, 0.6) is 0 Å². The third-order valence-corrected chi connectivity index (χ3v) is 4.47. The number of carbonyl (C=O) groups is 1. The molecule has 0 spiro atoms. The number of benzene rings is 1. The summed E-state index contributed by atoms with van der Waals surface area (Å²) in [7, 11) is 1.73. The zero-order valence-electron chi connectivity index (χ0n) is 15.9. The smallest absolute Gasteiger partial charge is 0.311 e. The average molecular weight is 391 g/mol. The first-order valence-electron chi connectivity index (χ1n) is 8.59. The first kappa shape index (κ1) is 19.7. The Morgan fingerprint density at radius 2 is 1.86 bits per heavy atom. The van der Waals surface area contributed by atoms with Crippen LogP contribution < -0.4 is 5.32 Å². The van der Waals surface area contributed by atoms with Gasteiger partial charge in [-0.2, -0.15) is 23.4 Å². The molecule has 3 aromatic rings. The van der Waals surface area contributed by atoms with E-state index in [-0.39, 0.29) is 12.3 Å². The second kappa shape index (κ2) is 7.14. The van der Waals surface area contributed by atoms with E-state index < -0.39 is 11.7 Å². The summed E-state index contributed by atoms with van der Waals surface area (Å²) in [6, 6.07) is 6.70. The summed E-state index contributed by atoms with van der Waals surface area (Å²) in [4.78, 5) is 12.4. The van der Waals surface area contributed by atoms with Gasteiger partial charge < -0.3 is 5.32 Å². The summed E-state index contributed by atoms with van der Waals surface area (Å²) in [5.41, 5.74) is 2.21. The molecule has 1 N–H and O–H groups in total. The van der Waals surface area contributed by atoms with Gasteiger partial charge in [-0.15, -0.1) is 0 Å². The lowest BCUT2D eigenvalue weighted by atomic mass is 10.1. The van der Waals surface area contributed by atoms with Crippen molar-refractivity contribution in [2.75, 3.05) is 5.32 Å². The van der Waals surface area contributed by atoms with Crippen molar-refractivity contribution in [2.24, 2.45) is 7.05 Å². The van der Waals surface area contributed by atoms with Crippen LogP contribution in [-0.4, -0.2) is 25.5 Å². The highest BCUT2D eigenvalue weighted by molar-refractivity contribution is 5.91. The van der Waals surface area contributed by atoms with Crippen LogP contribution in [0.1, 0.15) is 28.2 Å². The predicted molar refractivity (Wildman–Crippen MR) is 98.3 cm³/mol. The molecule has 6 nitrogen and oxygen atoms in total. The monoisotopic (exact) mass is 391 g/mol. The number of anilines is 1. The zero-order chi connectivity index (χ0) is 20.6. The van der Waals surface area contributed by atoms with Gasteiger partial charge in [0, 0.05) is 24.4 Å². The normalized spacial score (nSPS) is 11.7. The first-order valence-corrected chi connectivity index (χ1v) is 8.59. The Labute approximate surface area is 160 Å². The van der Waals surface area contributed by atoms with Gasteiger partial charge in [-0.05, 0) is 39.0 Å². The minimum absolute atomic E-state index is 0.0564. The number of alkyl halides is 3. The highest BCUT2D eigenvalue weighted by Gasteiger charge is 2.30. The molecule has 0 bridgehead atoms. The Morgan fingerprint density at radius 3 is 2.46 bits per heavy atom. The van der Waals surface area contributed by atoms with Crippen molar-refractivity contribution < 1.29 is 18.0 Å². The summed E-state index contributed by atoms with van der Waals surface area (Å²) < 4.78 is 42.0. The fourth-order valence-corrected chi connectivity index (χ4v) is 3.07. The van der Waals surface area contributed by atoms with Gasteiger partial charge in [0.2, 0.25) is 5.91 Å². The average Bonchev–Trinajstić information content (AvgIpc) is 3.06. The second-order valence-corrected chi connectivity index (χ2v) is 6.63. The molecular weight excluding hydrogens is 371 g/mol. The predicted octanol–water partition coefficient (Wildman–Crippen LogP) is 3.73. The molecule has 0 saturated carbocycles. The van der Waals surface area contributed by atoms with Crippen molar-refractivity contribution in [3.05, 3.63) is 58.5 Å². The van der Waals surface area contributed by atoms with Crippen molar-refractivity contribution in [3.8, 4) is 5.69 Å². The molecule has 148 valence electrons. The molecule has 2 heterocycles. The van der Waals surface area contributed by atoms with E-state index in [9.17, 15) is 18.0 Å². The van der Waals surface area contributed by atoms with Crippen LogP contribution in [0.25, 0.3) is 5.69 Å². The van der Waals surface area contributed by atoms with Gasteiger partial charge in [-0.3, -0.25) is 9.48 Å². The van der Waals surface area contributed by atoms with Gasteiger partial charge in [-0.25, -0.2) is 4.68 Å². The second-order valence-electron chi connectivity index (χ2n) is 6.63. The maximum Gasteiger partial charge on any atom is 0.416 e. The number of amides is 1. The molecule has 0 aliphatic carbocycles. The SMILES string of the molecule is Cc1cc(NC(=O)Cc2c(C)nn(-c3cccc(C(F)(F)F)c3)c2C)n(C)n1. The highest BCUT2D eigenvalue weighted by atomic mass is 19.4. The third kappa shape index (κ3) is 3.92. The first-order chi connectivity index (χ1) is 13.1. The van der Waals surface area contributed by atoms with Gasteiger partial charge in [0.05, 0.1) is 29.1 Å². The van der Waals surface area contributed by atoms with Crippen LogP contribution in [0, 0.1) is 20.8 Å². The van der Waals surface area contributed by atoms with Crippen molar-refractivity contribution in [1.82, 2.24) is 19.6 Å². The van der Waals surface area contributed by atoms with E-state index >= 15 is 0 Å². The molecule has 0 aliphatic rings. The Bertz CT molecular complexity index is 1030. The molecule has 0 radical (unpaired) electrons. The number of hydrogen-bond donors (Lipinski definition) is 1. The van der Waals surface area contributed by atoms with Crippen molar-refractivity contribution in [2.45, 2.75) is 33.4 Å². The molecule has 0 saturated heterocycles. The van der Waals surface area contributed by atoms with Gasteiger partial charge in [0.15, 0.2) is 0 Å². The summed E-state index contributed by atoms with van der Waals surface area (Å²) >= 11 is 0. The van der Waals surface area contributed by atoms with Crippen LogP contribution in [0.4, 0.5) is 19.0 Å². The van der Waals surface area contributed by atoms with Crippen LogP contribution in [0.15, 0.2) is 30.3 Å². The number of hydrogen-bond acceptors (Lipinski definition) is 3. The minimum Gasteiger partial charge on any atom is -0.311 e. The Kier molecular flexibility index (Phi) is 5.01. The number of nitrogens with one attached hydrogen (secondary N) is 1. The summed E-state index contributed by atoms with van der Waals surface area (Å²) in [5, 5.41) is 11.3. The molecule has 3 rings (SSSR count). The van der Waals surface area contributed by atoms with E-state index in [0.717, 1.165) is 17.8 Å². The number of carbonyl (C=O) groups excluding carboxylic acids is 1. The van der Waals surface area contributed by atoms with Crippen LogP contribution in [0.2, 0.25) is 0 Å². The maximum absolute atomic E-state index is 13.0. The molecule has 1 amide bonds. The molecule has 9 heteroatoms. The molecular formula is C19H20F3N5O. The molecule has 1 aromatic carbocycles. The summed E-state index contributed by atoms with van der Waals surface area (Å²) in [5.74, 6) is 0.320. The highest BCUT2D eigenvalue weighted by Crippen LogP contribution is 2.31. The fourth-order valence-electron chi connectivity index (χ4n) is 3.07. The molecule has 0 unspecified atom stereocenters. The van der Waals surface area contributed by atoms with E-state index in [0.29, 0.717) is 28.5 Å². The number of aromatic nitrogens is 4. The van der Waals surface area contributed by atoms with Crippen molar-refractivity contribution in [1.29, 1.82) is 0 Å². The number of halogens is 3. The van der Waals surface area contributed by atoms with Crippen molar-refractivity contribution >= 4 is 11.7 Å². The Balaban J connectivity index is 1.86. The van der Waals surface area contributed by atoms with Crippen LogP contribution in [0.3, 0.4) is 0 Å². The van der Waals surface area contributed by atoms with E-state index in [4.69, 9.17) is 0 Å². The van der Waals surface area contributed by atoms with Crippen LogP contribution in [-0.2, 0) is 24.4 Å². The molecule has 2 aromatic heterocycles. The Morgan fingerprint density at radius 1 is 1.14 bits per heavy atom. The number of nitrogens with zero attached hydrogens (tertiary/aromatic N) is 4. The van der Waals surface area contributed by atoms with Gasteiger partial charge in [0.25, 0.3) is 0 Å². The van der Waals surface area contributed by atoms with Crippen LogP contribution >= 0.6 is 0 Å². The quantitative estimate of drug-likeness (QED) is 0.737. The fraction of sp³-hybridized carbons (Fsp3) is 0.316. The number of rotatable bonds is 4. The number of aryl methyl sites for hydroxylation is 3. The topological polar surface area (TPSA) is 64.7 Å². The lowest BCUT2D eigenvalue weighted by Crippen LogP contribution is -2.17. The third-order valence-electron chi connectivity index (χ3n) is 4.47. The maximum atomic E-state index is 13.0. The Hall–Kier alpha value is -3.10. The largest absolute Gasteiger partial charge is 0.416 e. The summed E-state index contributed by atoms with van der Waals surface area (Å²) in [6.07, 6.45) is -4.38. The standard InChI is InChI=1S/C19H20F3N5O/c1-11-8-17(26(4)24-11)23-18(28)10-16-12(2)25-27(13(16)3)15-7-5-6-14(9-15)19(20,21)22/h5-9H,10H2,1-4H3,(H,23,28). The van der Waals surface area contributed by atoms with Gasteiger partial charge in [-0.1, -0.05) is 6.07 Å². The van der Waals surface area contributed by atoms with Gasteiger partial charge in [0.1, 0.15) is 5.82 Å². The lowest BCUT2D eigenvalue weighted by Gasteiger charge is -2.10. The minimum atomic E-state index is -4.43. The molecule has 0 fully saturated rings. The van der Waals surface area contributed by atoms with E-state index in [1.54, 1.807) is 37.7 Å². The molecule has 0 atom stereocenters. The molecule has 28 heavy (non-hydrogen) atoms. The van der Waals surface area contributed by atoms with E-state index in [2.05, 4.69) is 15.5 Å². The van der Waals surface area contributed by atoms with E-state index in [1.807, 2.05) is 6.92 Å².